The van der Waals surface area contributed by atoms with Crippen LogP contribution < -0.4 is 0 Å². The van der Waals surface area contributed by atoms with Gasteiger partial charge >= 0.3 is 0 Å². The van der Waals surface area contributed by atoms with E-state index in [-0.39, 0.29) is 63.8 Å². The van der Waals surface area contributed by atoms with E-state index in [4.69, 9.17) is 20.6 Å². The zero-order valence-corrected chi connectivity index (χ0v) is 21.4. The Kier molecular flexibility index (Phi) is 12.4. The standard InChI is InChI=1S/2C13H10NO3.2Pd/c2*15-11-5-1-9(2-6-11)13(14-17)10-3-7-12(16)8-4-10;;/h2*1-3,5-8,15-17H;;/q2*-1;;/b2*14-13+;;. The second-order valence-electron chi connectivity index (χ2n) is 6.91. The van der Waals surface area contributed by atoms with Gasteiger partial charge in [-0.1, -0.05) is 24.3 Å². The van der Waals surface area contributed by atoms with Gasteiger partial charge < -0.3 is 30.8 Å². The van der Waals surface area contributed by atoms with Crippen LogP contribution in [0.2, 0.25) is 0 Å². The van der Waals surface area contributed by atoms with E-state index in [0.717, 1.165) is 0 Å². The topological polar surface area (TPSA) is 146 Å². The number of hydrogen-bond acceptors (Lipinski definition) is 8. The first-order valence-electron chi connectivity index (χ1n) is 9.86. The molecule has 0 aromatic heterocycles. The number of aromatic hydroxyl groups is 4. The molecule has 0 aliphatic heterocycles. The van der Waals surface area contributed by atoms with Crippen LogP contribution in [0.4, 0.5) is 0 Å². The molecule has 0 aliphatic rings. The van der Waals surface area contributed by atoms with Crippen molar-refractivity contribution in [3.63, 3.8) is 0 Å². The quantitative estimate of drug-likeness (QED) is 0.0631. The summed E-state index contributed by atoms with van der Waals surface area (Å²) < 4.78 is 0. The molecule has 0 heterocycles. The van der Waals surface area contributed by atoms with E-state index in [1.807, 2.05) is 0 Å². The molecule has 4 aromatic carbocycles. The summed E-state index contributed by atoms with van der Waals surface area (Å²) >= 11 is 0. The smallest absolute Gasteiger partial charge is 0.115 e. The van der Waals surface area contributed by atoms with Gasteiger partial charge in [-0.15, -0.1) is 70.0 Å². The van der Waals surface area contributed by atoms with Crippen molar-refractivity contribution in [3.8, 4) is 23.0 Å². The fourth-order valence-electron chi connectivity index (χ4n) is 2.90. The average molecular weight is 669 g/mol. The van der Waals surface area contributed by atoms with Gasteiger partial charge in [-0.05, 0) is 35.4 Å². The molecule has 0 unspecified atom stereocenters. The summed E-state index contributed by atoms with van der Waals surface area (Å²) in [5.74, 6) is 0.468. The summed E-state index contributed by atoms with van der Waals surface area (Å²) in [7, 11) is 0. The van der Waals surface area contributed by atoms with Gasteiger partial charge in [0, 0.05) is 63.8 Å². The van der Waals surface area contributed by atoms with Gasteiger partial charge in [-0.2, -0.15) is 0 Å². The first-order valence-corrected chi connectivity index (χ1v) is 9.86. The van der Waals surface area contributed by atoms with E-state index in [9.17, 15) is 10.2 Å². The van der Waals surface area contributed by atoms with Crippen molar-refractivity contribution in [2.24, 2.45) is 10.3 Å². The summed E-state index contributed by atoms with van der Waals surface area (Å²) in [4.78, 5) is 0. The fourth-order valence-corrected chi connectivity index (χ4v) is 2.90. The molecular formula is C26H20N2O6Pd2-2. The average Bonchev–Trinajstić information content (AvgIpc) is 2.85. The number of oxime groups is 2. The van der Waals surface area contributed by atoms with Crippen LogP contribution in [-0.2, 0) is 40.8 Å². The minimum absolute atomic E-state index is 0. The zero-order chi connectivity index (χ0) is 24.5. The molecule has 8 nitrogen and oxygen atoms in total. The molecule has 0 saturated heterocycles. The minimum atomic E-state index is 0. The van der Waals surface area contributed by atoms with E-state index in [1.165, 1.54) is 48.5 Å². The van der Waals surface area contributed by atoms with Crippen molar-refractivity contribution in [2.45, 2.75) is 0 Å². The second-order valence-corrected chi connectivity index (χ2v) is 6.91. The van der Waals surface area contributed by atoms with Crippen LogP contribution in [0.1, 0.15) is 22.3 Å². The van der Waals surface area contributed by atoms with E-state index < -0.39 is 0 Å². The largest absolute Gasteiger partial charge is 0.551 e. The minimum Gasteiger partial charge on any atom is -0.551 e. The van der Waals surface area contributed by atoms with Crippen molar-refractivity contribution in [3.05, 3.63) is 119 Å². The molecule has 4 rings (SSSR count). The van der Waals surface area contributed by atoms with E-state index >= 15 is 0 Å². The van der Waals surface area contributed by atoms with Crippen LogP contribution in [0, 0.1) is 12.1 Å². The van der Waals surface area contributed by atoms with Gasteiger partial charge in [0.1, 0.15) is 11.5 Å². The monoisotopic (exact) mass is 668 g/mol. The Hall–Kier alpha value is -3.66. The summed E-state index contributed by atoms with van der Waals surface area (Å²) in [6.07, 6.45) is 0. The van der Waals surface area contributed by atoms with Gasteiger partial charge in [0.25, 0.3) is 0 Å². The van der Waals surface area contributed by atoms with Crippen molar-refractivity contribution in [2.75, 3.05) is 0 Å². The molecule has 0 spiro atoms. The van der Waals surface area contributed by atoms with Crippen molar-refractivity contribution in [1.29, 1.82) is 0 Å². The molecule has 0 amide bonds. The van der Waals surface area contributed by atoms with Gasteiger partial charge in [-0.25, -0.2) is 0 Å². The predicted molar refractivity (Wildman–Crippen MR) is 125 cm³/mol. The first kappa shape index (κ1) is 30.4. The van der Waals surface area contributed by atoms with Crippen molar-refractivity contribution < 1.29 is 71.7 Å². The molecule has 10 heteroatoms. The van der Waals surface area contributed by atoms with Crippen molar-refractivity contribution >= 4 is 11.4 Å². The number of nitrogens with zero attached hydrogens (tertiary/aromatic N) is 2. The zero-order valence-electron chi connectivity index (χ0n) is 18.3. The van der Waals surface area contributed by atoms with Gasteiger partial charge in [-0.3, -0.25) is 0 Å². The van der Waals surface area contributed by atoms with E-state index in [2.05, 4.69) is 22.4 Å². The SMILES string of the molecule is O/N=C(/c1[c-]cc(O)cc1)c1ccc(O)cc1.O/N=C(/c1[c-]cc(O)cc1)c1ccc(O)cc1.[Pd].[Pd]. The number of phenolic OH excluding ortho intramolecular Hbond substituents is 4. The third-order valence-electron chi connectivity index (χ3n) is 4.58. The summed E-state index contributed by atoms with van der Waals surface area (Å²) in [6.45, 7) is 0. The van der Waals surface area contributed by atoms with Crippen molar-refractivity contribution in [1.82, 2.24) is 0 Å². The number of phenols is 4. The third kappa shape index (κ3) is 8.23. The van der Waals surface area contributed by atoms with Crippen LogP contribution in [0.5, 0.6) is 23.0 Å². The van der Waals surface area contributed by atoms with Gasteiger partial charge in [0.15, 0.2) is 0 Å². The molecule has 192 valence electrons. The molecule has 0 saturated carbocycles. The Balaban J connectivity index is 0.000000341. The predicted octanol–water partition coefficient (Wildman–Crippen LogP) is 4.24. The molecular weight excluding hydrogens is 649 g/mol. The van der Waals surface area contributed by atoms with Crippen LogP contribution in [0.3, 0.4) is 0 Å². The van der Waals surface area contributed by atoms with Crippen LogP contribution in [0.25, 0.3) is 0 Å². The molecule has 4 aromatic rings. The Morgan fingerprint density at radius 3 is 1.03 bits per heavy atom. The molecule has 0 fully saturated rings. The molecule has 0 radical (unpaired) electrons. The summed E-state index contributed by atoms with van der Waals surface area (Å²) in [5.41, 5.74) is 3.04. The maximum absolute atomic E-state index is 9.17. The van der Waals surface area contributed by atoms with Gasteiger partial charge in [0.2, 0.25) is 0 Å². The first-order chi connectivity index (χ1) is 16.4. The van der Waals surface area contributed by atoms with Crippen LogP contribution in [0.15, 0.2) is 95.2 Å². The maximum atomic E-state index is 9.17. The molecule has 0 atom stereocenters. The summed E-state index contributed by atoms with van der Waals surface area (Å²) in [5, 5.41) is 61.1. The second kappa shape index (κ2) is 14.7. The number of hydrogen-bond donors (Lipinski definition) is 6. The van der Waals surface area contributed by atoms with E-state index in [1.54, 1.807) is 36.4 Å². The third-order valence-corrected chi connectivity index (χ3v) is 4.58. The molecule has 36 heavy (non-hydrogen) atoms. The molecule has 0 aliphatic carbocycles. The van der Waals surface area contributed by atoms with Gasteiger partial charge in [0.05, 0.1) is 0 Å². The number of benzene rings is 4. The van der Waals surface area contributed by atoms with E-state index in [0.29, 0.717) is 33.7 Å². The molecule has 6 N–H and O–H groups in total. The van der Waals surface area contributed by atoms with Crippen LogP contribution >= 0.6 is 0 Å². The maximum Gasteiger partial charge on any atom is 0.115 e. The summed E-state index contributed by atoms with van der Waals surface area (Å²) in [6, 6.07) is 27.1. The normalized spacial score (nSPS) is 10.8. The molecule has 0 bridgehead atoms. The Labute approximate surface area is 234 Å². The Bertz CT molecular complexity index is 1080. The number of rotatable bonds is 4. The Morgan fingerprint density at radius 2 is 0.778 bits per heavy atom. The van der Waals surface area contributed by atoms with Crippen LogP contribution in [-0.4, -0.2) is 42.3 Å². The Morgan fingerprint density at radius 1 is 0.472 bits per heavy atom. The fraction of sp³-hybridized carbons (Fsp3) is 0.